The number of halogens is 3. The first kappa shape index (κ1) is 24.0. The van der Waals surface area contributed by atoms with Crippen LogP contribution in [0.5, 0.6) is 0 Å². The molecule has 0 bridgehead atoms. The Balaban J connectivity index is 1.58. The number of amides is 1. The van der Waals surface area contributed by atoms with Crippen LogP contribution in [-0.2, 0) is 7.05 Å². The zero-order valence-corrected chi connectivity index (χ0v) is 19.5. The van der Waals surface area contributed by atoms with Gasteiger partial charge in [0.1, 0.15) is 11.5 Å². The summed E-state index contributed by atoms with van der Waals surface area (Å²) in [5.74, 6) is 5.71. The topological polar surface area (TPSA) is 76.2 Å². The van der Waals surface area contributed by atoms with E-state index in [0.717, 1.165) is 25.7 Å². The third-order valence-electron chi connectivity index (χ3n) is 5.55. The Morgan fingerprint density at radius 3 is 2.68 bits per heavy atom. The Kier molecular flexibility index (Phi) is 7.36. The number of hydrogen-bond donors (Lipinski definition) is 2. The molecule has 1 aliphatic rings. The number of aromatic nitrogens is 4. The normalized spacial score (nSPS) is 14.9. The number of anilines is 1. The largest absolute Gasteiger partial charge is 0.446 e. The number of fused-ring (bicyclic) bond motifs is 1. The number of carbonyl (C=O) groups is 1. The van der Waals surface area contributed by atoms with Gasteiger partial charge in [-0.1, -0.05) is 37.7 Å². The minimum absolute atomic E-state index is 0.0214. The fraction of sp³-hybridized carbons (Fsp3) is 0.435. The monoisotopic (exact) mass is 490 g/mol. The van der Waals surface area contributed by atoms with Crippen LogP contribution < -0.4 is 10.6 Å². The fourth-order valence-electron chi connectivity index (χ4n) is 3.98. The number of pyridine rings is 1. The lowest BCUT2D eigenvalue weighted by Gasteiger charge is -2.18. The lowest BCUT2D eigenvalue weighted by molar-refractivity contribution is -0.0327. The standard InChI is InChI=1S/C23H25F3N6OS/c1-31-15-16(14-28-31)22(33)27-13-7-10-18-21(34-23(24,25)26)19-11-6-12-20(32(19)30-18)29-17-8-4-2-3-5-9-17/h6,11-12,14-15,17,29H,2-5,8-9,13H2,1H3,(H,27,33). The first-order valence-corrected chi connectivity index (χ1v) is 11.9. The molecule has 7 nitrogen and oxygen atoms in total. The van der Waals surface area contributed by atoms with Crippen molar-refractivity contribution in [1.29, 1.82) is 0 Å². The summed E-state index contributed by atoms with van der Waals surface area (Å²) in [6, 6.07) is 5.41. The lowest BCUT2D eigenvalue weighted by Crippen LogP contribution is -2.23. The van der Waals surface area contributed by atoms with Crippen LogP contribution in [0.3, 0.4) is 0 Å². The van der Waals surface area contributed by atoms with E-state index in [0.29, 0.717) is 16.9 Å². The molecule has 1 amide bonds. The molecule has 4 rings (SSSR count). The Labute approximate surface area is 199 Å². The van der Waals surface area contributed by atoms with Crippen molar-refractivity contribution in [2.45, 2.75) is 55.0 Å². The van der Waals surface area contributed by atoms with E-state index in [9.17, 15) is 18.0 Å². The number of alkyl halides is 3. The van der Waals surface area contributed by atoms with Crippen molar-refractivity contribution in [3.63, 3.8) is 0 Å². The summed E-state index contributed by atoms with van der Waals surface area (Å²) in [6.07, 6.45) is 9.68. The number of nitrogens with zero attached hydrogens (tertiary/aromatic N) is 4. The SMILES string of the molecule is Cn1cc(C(=O)NCC#Cc2nn3c(NC4CCCCCC4)cccc3c2SC(F)(F)F)cn1. The maximum atomic E-state index is 13.3. The van der Waals surface area contributed by atoms with Crippen LogP contribution in [-0.4, -0.2) is 43.4 Å². The Morgan fingerprint density at radius 2 is 2.00 bits per heavy atom. The van der Waals surface area contributed by atoms with Crippen molar-refractivity contribution in [2.24, 2.45) is 7.05 Å². The summed E-state index contributed by atoms with van der Waals surface area (Å²) in [6.45, 7) is -0.0368. The van der Waals surface area contributed by atoms with E-state index in [-0.39, 0.29) is 40.8 Å². The van der Waals surface area contributed by atoms with Gasteiger partial charge in [0, 0.05) is 19.3 Å². The van der Waals surface area contributed by atoms with Gasteiger partial charge in [-0.3, -0.25) is 9.48 Å². The molecule has 3 aromatic heterocycles. The highest BCUT2D eigenvalue weighted by atomic mass is 32.2. The zero-order valence-electron chi connectivity index (χ0n) is 18.7. The highest BCUT2D eigenvalue weighted by molar-refractivity contribution is 8.00. The van der Waals surface area contributed by atoms with E-state index in [4.69, 9.17) is 0 Å². The van der Waals surface area contributed by atoms with Crippen molar-refractivity contribution in [2.75, 3.05) is 11.9 Å². The molecule has 11 heteroatoms. The Bertz CT molecular complexity index is 1210. The van der Waals surface area contributed by atoms with Crippen molar-refractivity contribution < 1.29 is 18.0 Å². The lowest BCUT2D eigenvalue weighted by atomic mass is 10.1. The van der Waals surface area contributed by atoms with Crippen molar-refractivity contribution in [3.8, 4) is 11.8 Å². The summed E-state index contributed by atoms with van der Waals surface area (Å²) in [7, 11) is 1.69. The van der Waals surface area contributed by atoms with Gasteiger partial charge in [-0.05, 0) is 42.7 Å². The maximum Gasteiger partial charge on any atom is 0.446 e. The maximum absolute atomic E-state index is 13.3. The van der Waals surface area contributed by atoms with E-state index < -0.39 is 5.51 Å². The molecule has 180 valence electrons. The molecular formula is C23H25F3N6OS. The first-order chi connectivity index (χ1) is 16.3. The number of hydrogen-bond acceptors (Lipinski definition) is 5. The number of nitrogens with one attached hydrogen (secondary N) is 2. The van der Waals surface area contributed by atoms with Gasteiger partial charge in [-0.25, -0.2) is 4.52 Å². The minimum atomic E-state index is -4.49. The molecule has 1 fully saturated rings. The number of aryl methyl sites for hydroxylation is 1. The summed E-state index contributed by atoms with van der Waals surface area (Å²) in [5.41, 5.74) is -3.75. The summed E-state index contributed by atoms with van der Waals surface area (Å²) in [4.78, 5) is 12.1. The molecule has 1 aliphatic carbocycles. The fourth-order valence-corrected chi connectivity index (χ4v) is 4.66. The molecule has 34 heavy (non-hydrogen) atoms. The van der Waals surface area contributed by atoms with Crippen molar-refractivity contribution in [3.05, 3.63) is 41.9 Å². The smallest absolute Gasteiger partial charge is 0.367 e. The van der Waals surface area contributed by atoms with Gasteiger partial charge < -0.3 is 10.6 Å². The highest BCUT2D eigenvalue weighted by Crippen LogP contribution is 2.41. The van der Waals surface area contributed by atoms with Gasteiger partial charge in [0.2, 0.25) is 0 Å². The summed E-state index contributed by atoms with van der Waals surface area (Å²) >= 11 is -0.226. The van der Waals surface area contributed by atoms with E-state index in [1.165, 1.54) is 28.2 Å². The molecule has 0 radical (unpaired) electrons. The molecule has 0 spiro atoms. The molecule has 2 N–H and O–H groups in total. The van der Waals surface area contributed by atoms with Crippen LogP contribution in [0.2, 0.25) is 0 Å². The van der Waals surface area contributed by atoms with Gasteiger partial charge in [0.05, 0.1) is 28.7 Å². The average Bonchev–Trinajstić information content (AvgIpc) is 3.26. The van der Waals surface area contributed by atoms with Gasteiger partial charge in [-0.15, -0.1) is 0 Å². The third kappa shape index (κ3) is 6.05. The molecule has 0 atom stereocenters. The van der Waals surface area contributed by atoms with Gasteiger partial charge in [-0.2, -0.15) is 23.4 Å². The van der Waals surface area contributed by atoms with E-state index in [1.807, 2.05) is 6.07 Å². The van der Waals surface area contributed by atoms with Gasteiger partial charge in [0.25, 0.3) is 5.91 Å². The van der Waals surface area contributed by atoms with Gasteiger partial charge >= 0.3 is 5.51 Å². The molecule has 3 aromatic rings. The zero-order chi connectivity index (χ0) is 24.1. The predicted molar refractivity (Wildman–Crippen MR) is 125 cm³/mol. The quantitative estimate of drug-likeness (QED) is 0.311. The second kappa shape index (κ2) is 10.4. The van der Waals surface area contributed by atoms with Crippen LogP contribution in [0.1, 0.15) is 54.6 Å². The summed E-state index contributed by atoms with van der Waals surface area (Å²) in [5, 5.41) is 14.4. The molecule has 0 saturated heterocycles. The van der Waals surface area contributed by atoms with Crippen LogP contribution in [0, 0.1) is 11.8 Å². The van der Waals surface area contributed by atoms with Crippen LogP contribution in [0.25, 0.3) is 5.52 Å². The Morgan fingerprint density at radius 1 is 1.24 bits per heavy atom. The van der Waals surface area contributed by atoms with Crippen LogP contribution >= 0.6 is 11.8 Å². The van der Waals surface area contributed by atoms with Crippen molar-refractivity contribution in [1.82, 2.24) is 24.7 Å². The number of carbonyl (C=O) groups excluding carboxylic acids is 1. The van der Waals surface area contributed by atoms with E-state index >= 15 is 0 Å². The third-order valence-corrected chi connectivity index (χ3v) is 6.39. The molecule has 3 heterocycles. The Hall–Kier alpha value is -3.13. The first-order valence-electron chi connectivity index (χ1n) is 11.1. The van der Waals surface area contributed by atoms with Crippen LogP contribution in [0.4, 0.5) is 19.0 Å². The van der Waals surface area contributed by atoms with Gasteiger partial charge in [0.15, 0.2) is 0 Å². The molecule has 0 aromatic carbocycles. The summed E-state index contributed by atoms with van der Waals surface area (Å²) < 4.78 is 43.0. The van der Waals surface area contributed by atoms with E-state index in [2.05, 4.69) is 32.7 Å². The second-order valence-corrected chi connectivity index (χ2v) is 9.23. The molecule has 1 saturated carbocycles. The second-order valence-electron chi connectivity index (χ2n) is 8.15. The average molecular weight is 491 g/mol. The molecule has 0 unspecified atom stereocenters. The van der Waals surface area contributed by atoms with E-state index in [1.54, 1.807) is 25.4 Å². The predicted octanol–water partition coefficient (Wildman–Crippen LogP) is 4.60. The number of thioether (sulfide) groups is 1. The highest BCUT2D eigenvalue weighted by Gasteiger charge is 2.33. The molecular weight excluding hydrogens is 465 g/mol. The number of rotatable bonds is 5. The van der Waals surface area contributed by atoms with Crippen LogP contribution in [0.15, 0.2) is 35.5 Å². The molecule has 0 aliphatic heterocycles. The minimum Gasteiger partial charge on any atom is -0.367 e. The van der Waals surface area contributed by atoms with Crippen molar-refractivity contribution >= 4 is 29.0 Å².